The molecule has 0 saturated carbocycles. The molecule has 4 nitrogen and oxygen atoms in total. The van der Waals surface area contributed by atoms with Crippen LogP contribution in [0.5, 0.6) is 0 Å². The number of carbonyl (C=O) groups excluding carboxylic acids is 1. The van der Waals surface area contributed by atoms with Crippen LogP contribution in [-0.4, -0.2) is 35.7 Å². The Kier molecular flexibility index (Phi) is 6.87. The molecule has 1 aliphatic rings. The highest BCUT2D eigenvalue weighted by atomic mass is 127. The van der Waals surface area contributed by atoms with Gasteiger partial charge in [0.25, 0.3) is 5.91 Å². The molecule has 0 unspecified atom stereocenters. The lowest BCUT2D eigenvalue weighted by Crippen LogP contribution is -2.32. The SMILES string of the molecule is CCOCCN1C(=O)/C(=C/c2ccccc2I)SC1=Nc1ccccc1. The van der Waals surface area contributed by atoms with Gasteiger partial charge in [-0.25, -0.2) is 4.99 Å². The Labute approximate surface area is 171 Å². The van der Waals surface area contributed by atoms with E-state index in [1.165, 1.54) is 11.8 Å². The van der Waals surface area contributed by atoms with Crippen LogP contribution in [-0.2, 0) is 9.53 Å². The van der Waals surface area contributed by atoms with Gasteiger partial charge in [0.1, 0.15) is 0 Å². The lowest BCUT2D eigenvalue weighted by atomic mass is 10.2. The number of benzene rings is 2. The number of hydrogen-bond acceptors (Lipinski definition) is 4. The molecular weight excluding hydrogens is 459 g/mol. The second-order valence-corrected chi connectivity index (χ2v) is 7.69. The summed E-state index contributed by atoms with van der Waals surface area (Å²) in [5.41, 5.74) is 1.87. The monoisotopic (exact) mass is 478 g/mol. The van der Waals surface area contributed by atoms with E-state index in [4.69, 9.17) is 4.74 Å². The van der Waals surface area contributed by atoms with E-state index in [-0.39, 0.29) is 5.91 Å². The zero-order chi connectivity index (χ0) is 18.4. The van der Waals surface area contributed by atoms with E-state index in [2.05, 4.69) is 27.6 Å². The van der Waals surface area contributed by atoms with E-state index in [1.54, 1.807) is 4.90 Å². The Balaban J connectivity index is 1.91. The minimum atomic E-state index is -0.0240. The zero-order valence-electron chi connectivity index (χ0n) is 14.4. The molecule has 0 N–H and O–H groups in total. The summed E-state index contributed by atoms with van der Waals surface area (Å²) < 4.78 is 6.55. The topological polar surface area (TPSA) is 41.9 Å². The van der Waals surface area contributed by atoms with E-state index in [0.717, 1.165) is 14.8 Å². The van der Waals surface area contributed by atoms with Gasteiger partial charge in [-0.05, 0) is 71.1 Å². The highest BCUT2D eigenvalue weighted by molar-refractivity contribution is 14.1. The molecule has 26 heavy (non-hydrogen) atoms. The van der Waals surface area contributed by atoms with Gasteiger partial charge >= 0.3 is 0 Å². The van der Waals surface area contributed by atoms with Crippen molar-refractivity contribution >= 4 is 57.2 Å². The molecule has 2 aromatic rings. The van der Waals surface area contributed by atoms with Crippen LogP contribution in [0.15, 0.2) is 64.5 Å². The first-order valence-electron chi connectivity index (χ1n) is 8.36. The number of amides is 1. The molecule has 0 atom stereocenters. The number of halogens is 1. The van der Waals surface area contributed by atoms with E-state index < -0.39 is 0 Å². The summed E-state index contributed by atoms with van der Waals surface area (Å²) in [6, 6.07) is 17.7. The Morgan fingerprint density at radius 1 is 1.15 bits per heavy atom. The van der Waals surface area contributed by atoms with Crippen molar-refractivity contribution in [2.75, 3.05) is 19.8 Å². The Bertz CT molecular complexity index is 837. The van der Waals surface area contributed by atoms with Gasteiger partial charge in [0.05, 0.1) is 23.7 Å². The van der Waals surface area contributed by atoms with Gasteiger partial charge in [0, 0.05) is 10.2 Å². The van der Waals surface area contributed by atoms with Crippen molar-refractivity contribution in [2.45, 2.75) is 6.92 Å². The van der Waals surface area contributed by atoms with Crippen LogP contribution in [0.3, 0.4) is 0 Å². The third kappa shape index (κ3) is 4.75. The zero-order valence-corrected chi connectivity index (χ0v) is 17.4. The summed E-state index contributed by atoms with van der Waals surface area (Å²) in [6.45, 7) is 3.56. The molecule has 2 aromatic carbocycles. The van der Waals surface area contributed by atoms with E-state index in [9.17, 15) is 4.79 Å². The number of nitrogens with zero attached hydrogens (tertiary/aromatic N) is 2. The highest BCUT2D eigenvalue weighted by Crippen LogP contribution is 2.34. The molecule has 0 spiro atoms. The standard InChI is InChI=1S/C20H19IN2O2S/c1-2-25-13-12-23-19(24)18(14-15-8-6-7-11-17(15)21)26-20(23)22-16-9-4-3-5-10-16/h3-11,14H,2,12-13H2,1H3/b18-14-,22-20?. The van der Waals surface area contributed by atoms with E-state index in [0.29, 0.717) is 29.8 Å². The fraction of sp³-hybridized carbons (Fsp3) is 0.200. The molecule has 1 heterocycles. The van der Waals surface area contributed by atoms with E-state index in [1.807, 2.05) is 67.6 Å². The van der Waals surface area contributed by atoms with Gasteiger partial charge in [-0.2, -0.15) is 0 Å². The van der Waals surface area contributed by atoms with Crippen molar-refractivity contribution in [3.8, 4) is 0 Å². The summed E-state index contributed by atoms with van der Waals surface area (Å²) in [6.07, 6.45) is 1.94. The number of thioether (sulfide) groups is 1. The van der Waals surface area contributed by atoms with Crippen molar-refractivity contribution < 1.29 is 9.53 Å². The number of ether oxygens (including phenoxy) is 1. The minimum Gasteiger partial charge on any atom is -0.380 e. The fourth-order valence-electron chi connectivity index (χ4n) is 2.44. The summed E-state index contributed by atoms with van der Waals surface area (Å²) in [5.74, 6) is -0.0240. The van der Waals surface area contributed by atoms with Crippen molar-refractivity contribution in [3.05, 3.63) is 68.6 Å². The van der Waals surface area contributed by atoms with Crippen LogP contribution in [0, 0.1) is 3.57 Å². The van der Waals surface area contributed by atoms with Crippen LogP contribution >= 0.6 is 34.4 Å². The van der Waals surface area contributed by atoms with Crippen molar-refractivity contribution in [1.82, 2.24) is 4.90 Å². The predicted molar refractivity (Wildman–Crippen MR) is 116 cm³/mol. The van der Waals surface area contributed by atoms with Gasteiger partial charge in [-0.3, -0.25) is 9.69 Å². The maximum Gasteiger partial charge on any atom is 0.266 e. The first-order chi connectivity index (χ1) is 12.7. The van der Waals surface area contributed by atoms with Gasteiger partial charge in [0.15, 0.2) is 5.17 Å². The maximum absolute atomic E-state index is 12.9. The van der Waals surface area contributed by atoms with Gasteiger partial charge in [-0.1, -0.05) is 36.4 Å². The molecule has 1 fully saturated rings. The van der Waals surface area contributed by atoms with Gasteiger partial charge in [-0.15, -0.1) is 0 Å². The number of hydrogen-bond donors (Lipinski definition) is 0. The van der Waals surface area contributed by atoms with Crippen molar-refractivity contribution in [1.29, 1.82) is 0 Å². The molecule has 0 aliphatic carbocycles. The first kappa shape index (κ1) is 19.1. The smallest absolute Gasteiger partial charge is 0.266 e. The number of carbonyl (C=O) groups is 1. The van der Waals surface area contributed by atoms with Gasteiger partial charge < -0.3 is 4.74 Å². The van der Waals surface area contributed by atoms with Crippen molar-refractivity contribution in [3.63, 3.8) is 0 Å². The quantitative estimate of drug-likeness (QED) is 0.336. The predicted octanol–water partition coefficient (Wildman–Crippen LogP) is 4.93. The first-order valence-corrected chi connectivity index (χ1v) is 10.3. The minimum absolute atomic E-state index is 0.0240. The molecule has 0 aromatic heterocycles. The third-order valence-electron chi connectivity index (χ3n) is 3.72. The molecule has 1 aliphatic heterocycles. The highest BCUT2D eigenvalue weighted by Gasteiger charge is 2.33. The normalized spacial score (nSPS) is 17.5. The number of amidine groups is 1. The molecule has 134 valence electrons. The Hall–Kier alpha value is -1.64. The molecule has 0 radical (unpaired) electrons. The summed E-state index contributed by atoms with van der Waals surface area (Å²) >= 11 is 3.69. The van der Waals surface area contributed by atoms with Crippen LogP contribution in [0.1, 0.15) is 12.5 Å². The molecule has 1 saturated heterocycles. The second kappa shape index (κ2) is 9.34. The van der Waals surface area contributed by atoms with Crippen LogP contribution in [0.2, 0.25) is 0 Å². The molecular formula is C20H19IN2O2S. The van der Waals surface area contributed by atoms with Crippen LogP contribution < -0.4 is 0 Å². The third-order valence-corrected chi connectivity index (χ3v) is 5.71. The molecule has 3 rings (SSSR count). The maximum atomic E-state index is 12.9. The average molecular weight is 478 g/mol. The average Bonchev–Trinajstić information content (AvgIpc) is 2.93. The van der Waals surface area contributed by atoms with Crippen LogP contribution in [0.25, 0.3) is 6.08 Å². The number of aliphatic imine (C=N–C) groups is 1. The van der Waals surface area contributed by atoms with E-state index >= 15 is 0 Å². The summed E-state index contributed by atoms with van der Waals surface area (Å²) in [7, 11) is 0. The fourth-order valence-corrected chi connectivity index (χ4v) is 3.99. The van der Waals surface area contributed by atoms with Crippen LogP contribution in [0.4, 0.5) is 5.69 Å². The second-order valence-electron chi connectivity index (χ2n) is 5.52. The summed E-state index contributed by atoms with van der Waals surface area (Å²) in [5, 5.41) is 0.693. The lowest BCUT2D eigenvalue weighted by molar-refractivity contribution is -0.122. The molecule has 6 heteroatoms. The number of rotatable bonds is 6. The Morgan fingerprint density at radius 3 is 2.62 bits per heavy atom. The van der Waals surface area contributed by atoms with Gasteiger partial charge in [0.2, 0.25) is 0 Å². The number of para-hydroxylation sites is 1. The molecule has 0 bridgehead atoms. The summed E-state index contributed by atoms with van der Waals surface area (Å²) in [4.78, 5) is 20.0. The largest absolute Gasteiger partial charge is 0.380 e. The molecule has 1 amide bonds. The Morgan fingerprint density at radius 2 is 1.88 bits per heavy atom. The lowest BCUT2D eigenvalue weighted by Gasteiger charge is -2.15. The van der Waals surface area contributed by atoms with Crippen molar-refractivity contribution in [2.24, 2.45) is 4.99 Å².